The number of hydrogen-bond donors (Lipinski definition) is 2. The summed E-state index contributed by atoms with van der Waals surface area (Å²) in [4.78, 5) is 15.8. The van der Waals surface area contributed by atoms with E-state index in [-0.39, 0.29) is 23.1 Å². The summed E-state index contributed by atoms with van der Waals surface area (Å²) in [6.45, 7) is 0.407. The number of H-pyrrole nitrogens is 1. The second-order valence-electron chi connectivity index (χ2n) is 4.74. The number of ketones is 1. The Bertz CT molecular complexity index is 837. The number of aliphatic hydroxyl groups excluding tert-OH is 1. The van der Waals surface area contributed by atoms with E-state index in [1.54, 1.807) is 23.0 Å². The van der Waals surface area contributed by atoms with Gasteiger partial charge in [0.25, 0.3) is 0 Å². The van der Waals surface area contributed by atoms with Gasteiger partial charge in [-0.3, -0.25) is 14.6 Å². The van der Waals surface area contributed by atoms with Crippen LogP contribution in [0.2, 0.25) is 0 Å². The standard InChI is InChI=1S/C15H12FN5O2/c16-11-3-1-10(2-4-11)8-21-6-5-12(20-21)13(22)7-14(23)15-17-9-18-19-15/h1-7,9,23H,8H2,(H,17,18,19). The van der Waals surface area contributed by atoms with Crippen LogP contribution in [0.3, 0.4) is 0 Å². The van der Waals surface area contributed by atoms with Crippen molar-refractivity contribution in [1.82, 2.24) is 25.0 Å². The molecule has 116 valence electrons. The van der Waals surface area contributed by atoms with Crippen LogP contribution in [0.1, 0.15) is 21.9 Å². The topological polar surface area (TPSA) is 96.7 Å². The van der Waals surface area contributed by atoms with Gasteiger partial charge in [0.2, 0.25) is 11.6 Å². The van der Waals surface area contributed by atoms with Gasteiger partial charge in [0, 0.05) is 12.3 Å². The molecule has 2 N–H and O–H groups in total. The average Bonchev–Trinajstić information content (AvgIpc) is 3.21. The molecule has 0 saturated carbocycles. The minimum absolute atomic E-state index is 0.0316. The number of nitrogens with zero attached hydrogens (tertiary/aromatic N) is 4. The molecule has 0 atom stereocenters. The van der Waals surface area contributed by atoms with Crippen LogP contribution >= 0.6 is 0 Å². The highest BCUT2D eigenvalue weighted by Gasteiger charge is 2.11. The second kappa shape index (κ2) is 6.22. The Kier molecular flexibility index (Phi) is 3.96. The normalized spacial score (nSPS) is 11.6. The molecule has 3 aromatic rings. The number of aromatic amines is 1. The summed E-state index contributed by atoms with van der Waals surface area (Å²) < 4.78 is 14.4. The van der Waals surface area contributed by atoms with Crippen molar-refractivity contribution in [3.8, 4) is 0 Å². The molecule has 0 amide bonds. The number of allylic oxidation sites excluding steroid dienone is 1. The van der Waals surface area contributed by atoms with Crippen molar-refractivity contribution in [1.29, 1.82) is 0 Å². The lowest BCUT2D eigenvalue weighted by atomic mass is 10.2. The molecule has 0 spiro atoms. The third kappa shape index (κ3) is 3.49. The fourth-order valence-electron chi connectivity index (χ4n) is 1.95. The quantitative estimate of drug-likeness (QED) is 0.426. The van der Waals surface area contributed by atoms with Crippen LogP contribution in [0, 0.1) is 5.82 Å². The van der Waals surface area contributed by atoms with Crippen molar-refractivity contribution < 1.29 is 14.3 Å². The number of halogens is 1. The first-order valence-corrected chi connectivity index (χ1v) is 6.71. The van der Waals surface area contributed by atoms with E-state index >= 15 is 0 Å². The lowest BCUT2D eigenvalue weighted by Gasteiger charge is -2.01. The van der Waals surface area contributed by atoms with Gasteiger partial charge in [-0.2, -0.15) is 10.2 Å². The predicted octanol–water partition coefficient (Wildman–Crippen LogP) is 1.97. The fourth-order valence-corrected chi connectivity index (χ4v) is 1.95. The third-order valence-electron chi connectivity index (χ3n) is 3.06. The maximum atomic E-state index is 12.9. The average molecular weight is 313 g/mol. The monoisotopic (exact) mass is 313 g/mol. The Morgan fingerprint density at radius 1 is 1.30 bits per heavy atom. The number of benzene rings is 1. The lowest BCUT2D eigenvalue weighted by molar-refractivity contribution is 0.104. The number of carbonyl (C=O) groups is 1. The van der Waals surface area contributed by atoms with Crippen molar-refractivity contribution in [2.45, 2.75) is 6.54 Å². The Hall–Kier alpha value is -3.29. The van der Waals surface area contributed by atoms with Crippen LogP contribution in [0.4, 0.5) is 4.39 Å². The Morgan fingerprint density at radius 2 is 2.09 bits per heavy atom. The molecule has 0 aliphatic rings. The Morgan fingerprint density at radius 3 is 2.78 bits per heavy atom. The summed E-state index contributed by atoms with van der Waals surface area (Å²) in [5, 5.41) is 20.0. The van der Waals surface area contributed by atoms with Gasteiger partial charge < -0.3 is 5.11 Å². The highest BCUT2D eigenvalue weighted by atomic mass is 19.1. The van der Waals surface area contributed by atoms with Crippen LogP contribution in [0.25, 0.3) is 5.76 Å². The zero-order valence-corrected chi connectivity index (χ0v) is 11.8. The van der Waals surface area contributed by atoms with Gasteiger partial charge in [-0.25, -0.2) is 9.37 Å². The Balaban J connectivity index is 1.72. The molecule has 7 nitrogen and oxygen atoms in total. The fraction of sp³-hybridized carbons (Fsp3) is 0.0667. The van der Waals surface area contributed by atoms with Crippen LogP contribution in [0.15, 0.2) is 48.9 Å². The molecule has 23 heavy (non-hydrogen) atoms. The van der Waals surface area contributed by atoms with Gasteiger partial charge in [-0.1, -0.05) is 12.1 Å². The van der Waals surface area contributed by atoms with Gasteiger partial charge in [0.1, 0.15) is 17.8 Å². The zero-order chi connectivity index (χ0) is 16.2. The van der Waals surface area contributed by atoms with E-state index in [1.165, 1.54) is 24.5 Å². The van der Waals surface area contributed by atoms with Gasteiger partial charge in [-0.15, -0.1) is 0 Å². The molecule has 0 aliphatic carbocycles. The first-order chi connectivity index (χ1) is 11.1. The van der Waals surface area contributed by atoms with Crippen LogP contribution < -0.4 is 0 Å². The van der Waals surface area contributed by atoms with Crippen molar-refractivity contribution in [3.63, 3.8) is 0 Å². The molecule has 8 heteroatoms. The molecule has 3 rings (SSSR count). The number of aromatic nitrogens is 5. The largest absolute Gasteiger partial charge is 0.504 e. The van der Waals surface area contributed by atoms with Crippen LogP contribution in [-0.2, 0) is 6.54 Å². The van der Waals surface area contributed by atoms with E-state index in [1.807, 2.05) is 0 Å². The van der Waals surface area contributed by atoms with E-state index in [9.17, 15) is 14.3 Å². The van der Waals surface area contributed by atoms with Crippen molar-refractivity contribution in [2.75, 3.05) is 0 Å². The number of nitrogens with one attached hydrogen (secondary N) is 1. The van der Waals surface area contributed by atoms with E-state index < -0.39 is 5.78 Å². The predicted molar refractivity (Wildman–Crippen MR) is 79.0 cm³/mol. The van der Waals surface area contributed by atoms with E-state index in [4.69, 9.17) is 0 Å². The van der Waals surface area contributed by atoms with Crippen molar-refractivity contribution >= 4 is 11.5 Å². The van der Waals surface area contributed by atoms with Crippen LogP contribution in [-0.4, -0.2) is 35.9 Å². The maximum Gasteiger partial charge on any atom is 0.215 e. The van der Waals surface area contributed by atoms with Gasteiger partial charge in [0.15, 0.2) is 5.76 Å². The van der Waals surface area contributed by atoms with E-state index in [0.29, 0.717) is 6.54 Å². The first-order valence-electron chi connectivity index (χ1n) is 6.71. The highest BCUT2D eigenvalue weighted by Crippen LogP contribution is 2.09. The minimum Gasteiger partial charge on any atom is -0.504 e. The summed E-state index contributed by atoms with van der Waals surface area (Å²) >= 11 is 0. The molecule has 0 bridgehead atoms. The SMILES string of the molecule is O=C(C=C(O)c1nc[nH]n1)c1ccn(Cc2ccc(F)cc2)n1. The number of rotatable bonds is 5. The van der Waals surface area contributed by atoms with E-state index in [0.717, 1.165) is 11.6 Å². The van der Waals surface area contributed by atoms with E-state index in [2.05, 4.69) is 20.3 Å². The Labute approximate surface area is 130 Å². The molecule has 0 unspecified atom stereocenters. The summed E-state index contributed by atoms with van der Waals surface area (Å²) in [5.41, 5.74) is 1.03. The summed E-state index contributed by atoms with van der Waals surface area (Å²) in [7, 11) is 0. The van der Waals surface area contributed by atoms with Crippen molar-refractivity contribution in [2.24, 2.45) is 0 Å². The molecular weight excluding hydrogens is 301 g/mol. The molecule has 2 heterocycles. The minimum atomic E-state index is -0.467. The van der Waals surface area contributed by atoms with Gasteiger partial charge >= 0.3 is 0 Å². The van der Waals surface area contributed by atoms with Gasteiger partial charge in [-0.05, 0) is 23.8 Å². The number of hydrogen-bond acceptors (Lipinski definition) is 5. The third-order valence-corrected chi connectivity index (χ3v) is 3.06. The molecule has 1 aromatic carbocycles. The summed E-state index contributed by atoms with van der Waals surface area (Å²) in [6, 6.07) is 7.56. The lowest BCUT2D eigenvalue weighted by Crippen LogP contribution is -2.04. The van der Waals surface area contributed by atoms with Crippen molar-refractivity contribution in [3.05, 3.63) is 71.8 Å². The molecular formula is C15H12FN5O2. The first kappa shape index (κ1) is 14.6. The summed E-state index contributed by atoms with van der Waals surface area (Å²) in [5.74, 6) is -1.09. The van der Waals surface area contributed by atoms with Gasteiger partial charge in [0.05, 0.1) is 6.54 Å². The number of aliphatic hydroxyl groups is 1. The zero-order valence-electron chi connectivity index (χ0n) is 11.8. The van der Waals surface area contributed by atoms with Crippen LogP contribution in [0.5, 0.6) is 0 Å². The molecule has 0 fully saturated rings. The molecule has 0 aliphatic heterocycles. The molecule has 2 aromatic heterocycles. The number of carbonyl (C=O) groups excluding carboxylic acids is 1. The maximum absolute atomic E-state index is 12.9. The molecule has 0 radical (unpaired) electrons. The second-order valence-corrected chi connectivity index (χ2v) is 4.74. The smallest absolute Gasteiger partial charge is 0.215 e. The highest BCUT2D eigenvalue weighted by molar-refractivity contribution is 6.06. The molecule has 0 saturated heterocycles. The summed E-state index contributed by atoms with van der Waals surface area (Å²) in [6.07, 6.45) is 3.93.